The Balaban J connectivity index is 1.96. The Labute approximate surface area is 163 Å². The number of aromatic nitrogens is 2. The van der Waals surface area contributed by atoms with Gasteiger partial charge < -0.3 is 11.1 Å². The molecule has 1 fully saturated rings. The van der Waals surface area contributed by atoms with Crippen LogP contribution in [0.3, 0.4) is 0 Å². The zero-order valence-corrected chi connectivity index (χ0v) is 15.9. The number of carbonyl (C=O) groups is 3. The fourth-order valence-electron chi connectivity index (χ4n) is 3.16. The number of rotatable bonds is 4. The van der Waals surface area contributed by atoms with Crippen molar-refractivity contribution >= 4 is 23.5 Å². The van der Waals surface area contributed by atoms with Crippen molar-refractivity contribution in [1.82, 2.24) is 19.4 Å². The maximum Gasteiger partial charge on any atom is 0.332 e. The largest absolute Gasteiger partial charge is 0.384 e. The molecule has 1 aliphatic rings. The second kappa shape index (κ2) is 6.69. The van der Waals surface area contributed by atoms with Crippen LogP contribution >= 0.6 is 0 Å². The molecule has 0 spiro atoms. The summed E-state index contributed by atoms with van der Waals surface area (Å²) < 4.78 is 14.8. The van der Waals surface area contributed by atoms with E-state index < -0.39 is 52.4 Å². The van der Waals surface area contributed by atoms with Crippen molar-refractivity contribution < 1.29 is 18.8 Å². The standard InChI is InChI=1S/C18H18FN5O5/c1-18(9-4-6-10(19)7-5-9)15(27)24(16(28)21-18)8-11(25)12-13(20)22(2)17(29)23(3)14(12)26/h4-7H,8,20H2,1-3H3,(H,21,28). The minimum absolute atomic E-state index is 0.324. The summed E-state index contributed by atoms with van der Waals surface area (Å²) >= 11 is 0. The fraction of sp³-hybridized carbons (Fsp3) is 0.278. The van der Waals surface area contributed by atoms with E-state index in [0.717, 1.165) is 16.7 Å². The monoisotopic (exact) mass is 403 g/mol. The van der Waals surface area contributed by atoms with Crippen LogP contribution in [0.15, 0.2) is 33.9 Å². The van der Waals surface area contributed by atoms with Crippen LogP contribution < -0.4 is 22.3 Å². The number of nitrogen functional groups attached to an aromatic ring is 1. The van der Waals surface area contributed by atoms with Gasteiger partial charge in [0.25, 0.3) is 11.5 Å². The summed E-state index contributed by atoms with van der Waals surface area (Å²) in [6.45, 7) is 0.670. The van der Waals surface area contributed by atoms with Gasteiger partial charge in [-0.2, -0.15) is 0 Å². The lowest BCUT2D eigenvalue weighted by Crippen LogP contribution is -2.44. The van der Waals surface area contributed by atoms with Crippen molar-refractivity contribution in [3.8, 4) is 0 Å². The maximum atomic E-state index is 13.2. The molecule has 10 nitrogen and oxygen atoms in total. The molecule has 1 aliphatic heterocycles. The summed E-state index contributed by atoms with van der Waals surface area (Å²) in [5, 5.41) is 2.48. The lowest BCUT2D eigenvalue weighted by atomic mass is 9.92. The lowest BCUT2D eigenvalue weighted by molar-refractivity contribution is -0.130. The Kier molecular flexibility index (Phi) is 4.61. The first-order valence-electron chi connectivity index (χ1n) is 8.48. The molecule has 1 saturated heterocycles. The number of nitrogens with two attached hydrogens (primary N) is 1. The number of nitrogens with one attached hydrogen (secondary N) is 1. The number of halogens is 1. The zero-order chi connectivity index (χ0) is 21.7. The van der Waals surface area contributed by atoms with E-state index in [4.69, 9.17) is 5.73 Å². The number of ketones is 1. The van der Waals surface area contributed by atoms with Crippen LogP contribution in [-0.4, -0.2) is 38.3 Å². The van der Waals surface area contributed by atoms with Gasteiger partial charge in [0.15, 0.2) is 5.78 Å². The summed E-state index contributed by atoms with van der Waals surface area (Å²) in [6.07, 6.45) is 0. The average Bonchev–Trinajstić information content (AvgIpc) is 2.89. The van der Waals surface area contributed by atoms with Crippen molar-refractivity contribution in [1.29, 1.82) is 0 Å². The van der Waals surface area contributed by atoms with E-state index in [9.17, 15) is 28.4 Å². The van der Waals surface area contributed by atoms with Crippen LogP contribution in [0.5, 0.6) is 0 Å². The molecule has 0 saturated carbocycles. The molecule has 1 aromatic heterocycles. The number of nitrogens with zero attached hydrogens (tertiary/aromatic N) is 3. The van der Waals surface area contributed by atoms with Crippen molar-refractivity contribution in [2.24, 2.45) is 14.1 Å². The van der Waals surface area contributed by atoms with Crippen molar-refractivity contribution in [2.75, 3.05) is 12.3 Å². The van der Waals surface area contributed by atoms with Crippen molar-refractivity contribution in [3.63, 3.8) is 0 Å². The minimum atomic E-state index is -1.51. The summed E-state index contributed by atoms with van der Waals surface area (Å²) in [7, 11) is 2.47. The number of anilines is 1. The van der Waals surface area contributed by atoms with Crippen molar-refractivity contribution in [2.45, 2.75) is 12.5 Å². The molecule has 2 aromatic rings. The van der Waals surface area contributed by atoms with E-state index in [1.165, 1.54) is 33.2 Å². The summed E-state index contributed by atoms with van der Waals surface area (Å²) in [4.78, 5) is 62.8. The first-order valence-corrected chi connectivity index (χ1v) is 8.48. The number of Topliss-reactive ketones (excluding diaryl/α,β-unsaturated/α-hetero) is 1. The third-order valence-corrected chi connectivity index (χ3v) is 4.99. The Bertz CT molecular complexity index is 1170. The number of imide groups is 1. The van der Waals surface area contributed by atoms with Gasteiger partial charge >= 0.3 is 11.7 Å². The van der Waals surface area contributed by atoms with Gasteiger partial charge in [-0.3, -0.25) is 28.4 Å². The molecule has 11 heteroatoms. The number of carbonyl (C=O) groups excluding carboxylic acids is 3. The molecule has 3 N–H and O–H groups in total. The van der Waals surface area contributed by atoms with Crippen molar-refractivity contribution in [3.05, 3.63) is 62.0 Å². The molecule has 0 aliphatic carbocycles. The average molecular weight is 403 g/mol. The van der Waals surface area contributed by atoms with E-state index in [1.54, 1.807) is 0 Å². The fourth-order valence-corrected chi connectivity index (χ4v) is 3.16. The highest BCUT2D eigenvalue weighted by molar-refractivity contribution is 6.12. The van der Waals surface area contributed by atoms with Gasteiger partial charge in [0, 0.05) is 14.1 Å². The molecule has 3 amide bonds. The predicted molar refractivity (Wildman–Crippen MR) is 99.7 cm³/mol. The van der Waals surface area contributed by atoms with E-state index in [1.807, 2.05) is 0 Å². The van der Waals surface area contributed by atoms with Crippen LogP contribution in [0, 0.1) is 5.82 Å². The van der Waals surface area contributed by atoms with E-state index in [-0.39, 0.29) is 5.82 Å². The lowest BCUT2D eigenvalue weighted by Gasteiger charge is -2.22. The molecular formula is C18H18FN5O5. The first kappa shape index (κ1) is 20.0. The number of urea groups is 1. The minimum Gasteiger partial charge on any atom is -0.384 e. The summed E-state index contributed by atoms with van der Waals surface area (Å²) in [5.41, 5.74) is 2.42. The normalized spacial score (nSPS) is 18.8. The molecule has 1 atom stereocenters. The Morgan fingerprint density at radius 2 is 1.69 bits per heavy atom. The molecule has 29 heavy (non-hydrogen) atoms. The Hall–Kier alpha value is -3.76. The molecule has 2 heterocycles. The number of amides is 3. The van der Waals surface area contributed by atoms with Gasteiger partial charge in [-0.15, -0.1) is 0 Å². The third-order valence-electron chi connectivity index (χ3n) is 4.99. The van der Waals surface area contributed by atoms with Gasteiger partial charge in [-0.1, -0.05) is 12.1 Å². The van der Waals surface area contributed by atoms with E-state index in [0.29, 0.717) is 15.0 Å². The van der Waals surface area contributed by atoms with Gasteiger partial charge in [0.05, 0.1) is 6.54 Å². The SMILES string of the molecule is Cn1c(N)c(C(=O)CN2C(=O)NC(C)(c3ccc(F)cc3)C2=O)c(=O)n(C)c1=O. The number of hydrogen-bond donors (Lipinski definition) is 2. The quantitative estimate of drug-likeness (QED) is 0.519. The molecule has 152 valence electrons. The highest BCUT2D eigenvalue weighted by atomic mass is 19.1. The zero-order valence-electron chi connectivity index (χ0n) is 15.9. The highest BCUT2D eigenvalue weighted by Crippen LogP contribution is 2.29. The van der Waals surface area contributed by atoms with Gasteiger partial charge in [-0.05, 0) is 24.6 Å². The second-order valence-electron chi connectivity index (χ2n) is 6.84. The highest BCUT2D eigenvalue weighted by Gasteiger charge is 2.49. The molecule has 3 rings (SSSR count). The number of hydrogen-bond acceptors (Lipinski definition) is 6. The van der Waals surface area contributed by atoms with Gasteiger partial charge in [-0.25, -0.2) is 14.0 Å². The van der Waals surface area contributed by atoms with Crippen LogP contribution in [0.2, 0.25) is 0 Å². The topological polar surface area (TPSA) is 136 Å². The van der Waals surface area contributed by atoms with E-state index >= 15 is 0 Å². The summed E-state index contributed by atoms with van der Waals surface area (Å²) in [5.74, 6) is -2.52. The maximum absolute atomic E-state index is 13.2. The van der Waals surface area contributed by atoms with Crippen LogP contribution in [0.1, 0.15) is 22.8 Å². The van der Waals surface area contributed by atoms with Crippen LogP contribution in [0.25, 0.3) is 0 Å². The molecule has 0 bridgehead atoms. The van der Waals surface area contributed by atoms with E-state index in [2.05, 4.69) is 5.32 Å². The first-order chi connectivity index (χ1) is 13.5. The molecule has 0 radical (unpaired) electrons. The predicted octanol–water partition coefficient (Wildman–Crippen LogP) is -0.545. The van der Waals surface area contributed by atoms with Crippen LogP contribution in [-0.2, 0) is 24.4 Å². The second-order valence-corrected chi connectivity index (χ2v) is 6.84. The third kappa shape index (κ3) is 3.00. The van der Waals surface area contributed by atoms with Gasteiger partial charge in [0.1, 0.15) is 22.7 Å². The van der Waals surface area contributed by atoms with Gasteiger partial charge in [0.2, 0.25) is 0 Å². The summed E-state index contributed by atoms with van der Waals surface area (Å²) in [6, 6.07) is 4.13. The smallest absolute Gasteiger partial charge is 0.332 e. The van der Waals surface area contributed by atoms with Crippen LogP contribution in [0.4, 0.5) is 15.0 Å². The number of benzene rings is 1. The molecule has 1 unspecified atom stereocenters. The molecule has 1 aromatic carbocycles. The Morgan fingerprint density at radius 3 is 2.28 bits per heavy atom. The molecular weight excluding hydrogens is 385 g/mol. The Morgan fingerprint density at radius 1 is 1.10 bits per heavy atom.